The van der Waals surface area contributed by atoms with Crippen LogP contribution in [-0.2, 0) is 11.3 Å². The van der Waals surface area contributed by atoms with Crippen LogP contribution in [0.15, 0.2) is 36.4 Å². The number of nitrogens with zero attached hydrogens (tertiary/aromatic N) is 1. The molecule has 0 spiro atoms. The van der Waals surface area contributed by atoms with Crippen LogP contribution in [0.4, 0.5) is 0 Å². The second kappa shape index (κ2) is 8.67. The summed E-state index contributed by atoms with van der Waals surface area (Å²) in [6.07, 6.45) is 0. The van der Waals surface area contributed by atoms with E-state index in [-0.39, 0.29) is 25.0 Å². The fourth-order valence-electron chi connectivity index (χ4n) is 2.50. The smallest absolute Gasteiger partial charge is 0.257 e. The maximum Gasteiger partial charge on any atom is 0.257 e. The molecule has 0 aromatic heterocycles. The number of rotatable bonds is 6. The quantitative estimate of drug-likeness (QED) is 0.835. The van der Waals surface area contributed by atoms with E-state index < -0.39 is 0 Å². The Bertz CT molecular complexity index is 849. The molecule has 0 aliphatic heterocycles. The lowest BCUT2D eigenvalue weighted by atomic mass is 10.1. The van der Waals surface area contributed by atoms with E-state index in [9.17, 15) is 9.59 Å². The maximum absolute atomic E-state index is 12.4. The van der Waals surface area contributed by atoms with Gasteiger partial charge in [-0.15, -0.1) is 0 Å². The summed E-state index contributed by atoms with van der Waals surface area (Å²) in [5.74, 6) is -0.0793. The number of likely N-dealkylation sites (N-methyl/N-ethyl adjacent to an activating group) is 1. The number of aryl methyl sites for hydroxylation is 2. The van der Waals surface area contributed by atoms with Gasteiger partial charge in [0.2, 0.25) is 0 Å². The number of hydrogen-bond donors (Lipinski definition) is 2. The van der Waals surface area contributed by atoms with Crippen molar-refractivity contribution in [2.45, 2.75) is 20.4 Å². The lowest BCUT2D eigenvalue weighted by molar-refractivity contribution is -0.122. The van der Waals surface area contributed by atoms with Gasteiger partial charge in [-0.1, -0.05) is 23.3 Å². The minimum atomic E-state index is -0.280. The first-order valence-corrected chi connectivity index (χ1v) is 8.16. The topological polar surface area (TPSA) is 91.2 Å². The van der Waals surface area contributed by atoms with Crippen molar-refractivity contribution >= 4 is 11.8 Å². The standard InChI is InChI=1S/C20H21N3O3/c1-13-6-14(2)8-17(7-13)20(25)23-11-16-5-4-15(10-21)9-18(16)26-12-19(24)22-3/h4-9H,11-12H2,1-3H3,(H,22,24)(H,23,25). The van der Waals surface area contributed by atoms with Gasteiger partial charge in [-0.05, 0) is 38.1 Å². The van der Waals surface area contributed by atoms with Crippen LogP contribution in [0.3, 0.4) is 0 Å². The molecule has 0 saturated heterocycles. The lowest BCUT2D eigenvalue weighted by Gasteiger charge is -2.13. The largest absolute Gasteiger partial charge is 0.483 e. The molecule has 134 valence electrons. The van der Waals surface area contributed by atoms with Gasteiger partial charge in [0.1, 0.15) is 5.75 Å². The van der Waals surface area contributed by atoms with Gasteiger partial charge in [0.05, 0.1) is 11.6 Å². The molecule has 2 aromatic rings. The third-order valence-corrected chi connectivity index (χ3v) is 3.76. The number of carbonyl (C=O) groups excluding carboxylic acids is 2. The molecular formula is C20H21N3O3. The van der Waals surface area contributed by atoms with Gasteiger partial charge < -0.3 is 15.4 Å². The summed E-state index contributed by atoms with van der Waals surface area (Å²) in [7, 11) is 1.52. The van der Waals surface area contributed by atoms with E-state index in [1.807, 2.05) is 38.1 Å². The second-order valence-corrected chi connectivity index (χ2v) is 5.96. The Labute approximate surface area is 152 Å². The number of carbonyl (C=O) groups is 2. The van der Waals surface area contributed by atoms with Crippen molar-refractivity contribution in [3.63, 3.8) is 0 Å². The number of benzene rings is 2. The van der Waals surface area contributed by atoms with Crippen molar-refractivity contribution in [1.29, 1.82) is 5.26 Å². The minimum Gasteiger partial charge on any atom is -0.483 e. The molecule has 0 unspecified atom stereocenters. The van der Waals surface area contributed by atoms with Crippen LogP contribution in [0.5, 0.6) is 5.75 Å². The lowest BCUT2D eigenvalue weighted by Crippen LogP contribution is -2.26. The Kier molecular flexibility index (Phi) is 6.34. The number of amides is 2. The highest BCUT2D eigenvalue weighted by Gasteiger charge is 2.11. The summed E-state index contributed by atoms with van der Waals surface area (Å²) in [4.78, 5) is 23.8. The van der Waals surface area contributed by atoms with Crippen molar-refractivity contribution in [2.24, 2.45) is 0 Å². The average Bonchev–Trinajstić information content (AvgIpc) is 2.63. The number of nitrogens with one attached hydrogen (secondary N) is 2. The molecule has 0 aliphatic carbocycles. The number of nitriles is 1. The van der Waals surface area contributed by atoms with Gasteiger partial charge in [0.15, 0.2) is 6.61 Å². The minimum absolute atomic E-state index is 0.163. The summed E-state index contributed by atoms with van der Waals surface area (Å²) >= 11 is 0. The summed E-state index contributed by atoms with van der Waals surface area (Å²) < 4.78 is 5.49. The van der Waals surface area contributed by atoms with Gasteiger partial charge in [-0.25, -0.2) is 0 Å². The Balaban J connectivity index is 2.13. The van der Waals surface area contributed by atoms with E-state index >= 15 is 0 Å². The van der Waals surface area contributed by atoms with E-state index in [1.54, 1.807) is 18.2 Å². The number of hydrogen-bond acceptors (Lipinski definition) is 4. The molecule has 0 heterocycles. The molecule has 26 heavy (non-hydrogen) atoms. The third-order valence-electron chi connectivity index (χ3n) is 3.76. The van der Waals surface area contributed by atoms with Crippen molar-refractivity contribution in [3.8, 4) is 11.8 Å². The molecule has 0 saturated carbocycles. The Morgan fingerprint density at radius 2 is 1.81 bits per heavy atom. The molecule has 2 rings (SSSR count). The van der Waals surface area contributed by atoms with Crippen LogP contribution >= 0.6 is 0 Å². The van der Waals surface area contributed by atoms with Gasteiger partial charge in [-0.2, -0.15) is 5.26 Å². The van der Waals surface area contributed by atoms with Gasteiger partial charge in [-0.3, -0.25) is 9.59 Å². The first-order valence-electron chi connectivity index (χ1n) is 8.16. The Hall–Kier alpha value is -3.33. The van der Waals surface area contributed by atoms with Crippen molar-refractivity contribution < 1.29 is 14.3 Å². The number of ether oxygens (including phenoxy) is 1. The third kappa shape index (κ3) is 5.08. The molecule has 6 nitrogen and oxygen atoms in total. The summed E-state index contributed by atoms with van der Waals surface area (Å²) in [5.41, 5.74) is 3.72. The molecule has 0 radical (unpaired) electrons. The van der Waals surface area contributed by atoms with Crippen LogP contribution in [-0.4, -0.2) is 25.5 Å². The summed E-state index contributed by atoms with van der Waals surface area (Å²) in [6.45, 7) is 3.94. The zero-order chi connectivity index (χ0) is 19.1. The van der Waals surface area contributed by atoms with E-state index in [0.717, 1.165) is 11.1 Å². The van der Waals surface area contributed by atoms with Crippen LogP contribution in [0.25, 0.3) is 0 Å². The second-order valence-electron chi connectivity index (χ2n) is 5.96. The molecule has 6 heteroatoms. The summed E-state index contributed by atoms with van der Waals surface area (Å²) in [5, 5.41) is 14.4. The van der Waals surface area contributed by atoms with Crippen molar-refractivity contribution in [2.75, 3.05) is 13.7 Å². The Morgan fingerprint density at radius 1 is 1.12 bits per heavy atom. The van der Waals surface area contributed by atoms with Crippen LogP contribution in [0.1, 0.15) is 32.6 Å². The fourth-order valence-corrected chi connectivity index (χ4v) is 2.50. The van der Waals surface area contributed by atoms with E-state index in [1.165, 1.54) is 7.05 Å². The zero-order valence-corrected chi connectivity index (χ0v) is 15.1. The van der Waals surface area contributed by atoms with Gasteiger partial charge in [0.25, 0.3) is 11.8 Å². The first kappa shape index (κ1) is 19.0. The zero-order valence-electron chi connectivity index (χ0n) is 15.1. The molecule has 0 bridgehead atoms. The van der Waals surface area contributed by atoms with Crippen LogP contribution < -0.4 is 15.4 Å². The SMILES string of the molecule is CNC(=O)COc1cc(C#N)ccc1CNC(=O)c1cc(C)cc(C)c1. The highest BCUT2D eigenvalue weighted by molar-refractivity contribution is 5.94. The van der Waals surface area contributed by atoms with Crippen molar-refractivity contribution in [3.05, 3.63) is 64.2 Å². The van der Waals surface area contributed by atoms with E-state index in [0.29, 0.717) is 22.4 Å². The van der Waals surface area contributed by atoms with Crippen LogP contribution in [0.2, 0.25) is 0 Å². The van der Waals surface area contributed by atoms with Gasteiger partial charge in [0, 0.05) is 24.7 Å². The molecular weight excluding hydrogens is 330 g/mol. The molecule has 0 fully saturated rings. The normalized spacial score (nSPS) is 9.92. The molecule has 0 atom stereocenters. The highest BCUT2D eigenvalue weighted by Crippen LogP contribution is 2.20. The predicted molar refractivity (Wildman–Crippen MR) is 97.8 cm³/mol. The van der Waals surface area contributed by atoms with E-state index in [2.05, 4.69) is 10.6 Å². The fraction of sp³-hybridized carbons (Fsp3) is 0.250. The maximum atomic E-state index is 12.4. The summed E-state index contributed by atoms with van der Waals surface area (Å²) in [6, 6.07) is 12.6. The average molecular weight is 351 g/mol. The van der Waals surface area contributed by atoms with Crippen LogP contribution in [0, 0.1) is 25.2 Å². The predicted octanol–water partition coefficient (Wildman–Crippen LogP) is 2.23. The molecule has 2 amide bonds. The Morgan fingerprint density at radius 3 is 2.42 bits per heavy atom. The molecule has 2 N–H and O–H groups in total. The first-order chi connectivity index (χ1) is 12.4. The molecule has 0 aliphatic rings. The van der Waals surface area contributed by atoms with Gasteiger partial charge >= 0.3 is 0 Å². The monoisotopic (exact) mass is 351 g/mol. The highest BCUT2D eigenvalue weighted by atomic mass is 16.5. The van der Waals surface area contributed by atoms with Crippen molar-refractivity contribution in [1.82, 2.24) is 10.6 Å². The molecule has 2 aromatic carbocycles. The van der Waals surface area contributed by atoms with E-state index in [4.69, 9.17) is 10.00 Å².